The van der Waals surface area contributed by atoms with Crippen molar-refractivity contribution in [3.05, 3.63) is 47.0 Å². The predicted octanol–water partition coefficient (Wildman–Crippen LogP) is 2.35. The van der Waals surface area contributed by atoms with Crippen molar-refractivity contribution in [2.45, 2.75) is 6.92 Å². The molecule has 0 unspecified atom stereocenters. The van der Waals surface area contributed by atoms with Crippen molar-refractivity contribution in [1.29, 1.82) is 0 Å². The summed E-state index contributed by atoms with van der Waals surface area (Å²) in [5, 5.41) is 8.88. The highest BCUT2D eigenvalue weighted by Gasteiger charge is 2.11. The molecule has 0 aliphatic carbocycles. The fraction of sp³-hybridized carbons (Fsp3) is 0.0833. The van der Waals surface area contributed by atoms with Gasteiger partial charge in [-0.2, -0.15) is 4.98 Å². The number of fused-ring (bicyclic) bond motifs is 1. The second kappa shape index (κ2) is 4.23. The highest BCUT2D eigenvalue weighted by molar-refractivity contribution is 7.15. The Labute approximate surface area is 107 Å². The lowest BCUT2D eigenvalue weighted by molar-refractivity contribution is 0.102. The van der Waals surface area contributed by atoms with Crippen LogP contribution in [0.2, 0.25) is 0 Å². The molecule has 0 radical (unpaired) electrons. The number of benzene rings is 1. The van der Waals surface area contributed by atoms with E-state index < -0.39 is 0 Å². The van der Waals surface area contributed by atoms with E-state index in [0.717, 1.165) is 10.7 Å². The molecule has 0 bridgehead atoms. The summed E-state index contributed by atoms with van der Waals surface area (Å²) >= 11 is 1.50. The number of amides is 1. The molecule has 0 aliphatic heterocycles. The van der Waals surface area contributed by atoms with E-state index in [1.54, 1.807) is 16.6 Å². The molecule has 5 nitrogen and oxygen atoms in total. The summed E-state index contributed by atoms with van der Waals surface area (Å²) in [6.07, 6.45) is 0. The van der Waals surface area contributed by atoms with Crippen molar-refractivity contribution in [3.8, 4) is 0 Å². The standard InChI is InChI=1S/C12H10N4OS/c1-8-7-18-12-14-11(15-16(8)12)13-10(17)9-5-3-2-4-6-9/h2-7H,1H3,(H,13,15,17). The molecular formula is C12H10N4OS. The fourth-order valence-electron chi connectivity index (χ4n) is 1.61. The van der Waals surface area contributed by atoms with Gasteiger partial charge in [0.05, 0.1) is 5.69 Å². The highest BCUT2D eigenvalue weighted by Crippen LogP contribution is 2.15. The average molecular weight is 258 g/mol. The molecule has 1 aromatic carbocycles. The summed E-state index contributed by atoms with van der Waals surface area (Å²) in [5.74, 6) is 0.130. The molecule has 0 fully saturated rings. The Morgan fingerprint density at radius 2 is 2.11 bits per heavy atom. The Morgan fingerprint density at radius 3 is 2.83 bits per heavy atom. The molecule has 0 aliphatic rings. The fourth-order valence-corrected chi connectivity index (χ4v) is 2.41. The SMILES string of the molecule is Cc1csc2nc(NC(=O)c3ccccc3)nn12. The Kier molecular flexibility index (Phi) is 2.56. The number of carbonyl (C=O) groups is 1. The zero-order chi connectivity index (χ0) is 12.5. The number of nitrogens with one attached hydrogen (secondary N) is 1. The van der Waals surface area contributed by atoms with Crippen LogP contribution in [0, 0.1) is 6.92 Å². The number of rotatable bonds is 2. The van der Waals surface area contributed by atoms with Gasteiger partial charge in [0, 0.05) is 10.9 Å². The van der Waals surface area contributed by atoms with Crippen LogP contribution >= 0.6 is 11.3 Å². The first-order valence-corrected chi connectivity index (χ1v) is 6.29. The van der Waals surface area contributed by atoms with Gasteiger partial charge in [-0.1, -0.05) is 18.2 Å². The molecule has 1 N–H and O–H groups in total. The van der Waals surface area contributed by atoms with Crippen LogP contribution in [0.25, 0.3) is 4.96 Å². The third kappa shape index (κ3) is 1.86. The lowest BCUT2D eigenvalue weighted by Crippen LogP contribution is -2.12. The maximum Gasteiger partial charge on any atom is 0.258 e. The summed E-state index contributed by atoms with van der Waals surface area (Å²) in [6, 6.07) is 9.00. The lowest BCUT2D eigenvalue weighted by atomic mass is 10.2. The van der Waals surface area contributed by atoms with E-state index in [2.05, 4.69) is 15.4 Å². The molecule has 1 amide bonds. The first kappa shape index (κ1) is 10.9. The molecule has 0 saturated heterocycles. The molecule has 2 aromatic heterocycles. The van der Waals surface area contributed by atoms with E-state index in [4.69, 9.17) is 0 Å². The van der Waals surface area contributed by atoms with Gasteiger partial charge >= 0.3 is 0 Å². The maximum absolute atomic E-state index is 11.9. The minimum absolute atomic E-state index is 0.202. The molecule has 90 valence electrons. The van der Waals surface area contributed by atoms with Gasteiger partial charge in [0.2, 0.25) is 4.96 Å². The van der Waals surface area contributed by atoms with Crippen LogP contribution in [0.15, 0.2) is 35.7 Å². The van der Waals surface area contributed by atoms with E-state index in [-0.39, 0.29) is 5.91 Å². The minimum Gasteiger partial charge on any atom is -0.289 e. The van der Waals surface area contributed by atoms with Crippen LogP contribution in [0.5, 0.6) is 0 Å². The Balaban J connectivity index is 1.86. The van der Waals surface area contributed by atoms with Crippen LogP contribution in [0.4, 0.5) is 5.95 Å². The monoisotopic (exact) mass is 258 g/mol. The van der Waals surface area contributed by atoms with E-state index in [9.17, 15) is 4.79 Å². The van der Waals surface area contributed by atoms with E-state index in [0.29, 0.717) is 11.5 Å². The largest absolute Gasteiger partial charge is 0.289 e. The summed E-state index contributed by atoms with van der Waals surface area (Å²) in [6.45, 7) is 1.95. The lowest BCUT2D eigenvalue weighted by Gasteiger charge is -1.99. The molecule has 3 aromatic rings. The Morgan fingerprint density at radius 1 is 1.33 bits per heavy atom. The highest BCUT2D eigenvalue weighted by atomic mass is 32.1. The van der Waals surface area contributed by atoms with Crippen LogP contribution in [-0.2, 0) is 0 Å². The normalized spacial score (nSPS) is 10.7. The number of aryl methyl sites for hydroxylation is 1. The predicted molar refractivity (Wildman–Crippen MR) is 70.0 cm³/mol. The smallest absolute Gasteiger partial charge is 0.258 e. The second-order valence-electron chi connectivity index (χ2n) is 3.83. The molecular weight excluding hydrogens is 248 g/mol. The summed E-state index contributed by atoms with van der Waals surface area (Å²) in [4.78, 5) is 16.9. The second-order valence-corrected chi connectivity index (χ2v) is 4.66. The minimum atomic E-state index is -0.202. The van der Waals surface area contributed by atoms with E-state index in [1.807, 2.05) is 30.5 Å². The molecule has 2 heterocycles. The van der Waals surface area contributed by atoms with Gasteiger partial charge in [0.1, 0.15) is 0 Å². The van der Waals surface area contributed by atoms with Crippen molar-refractivity contribution in [3.63, 3.8) is 0 Å². The number of aromatic nitrogens is 3. The molecule has 0 atom stereocenters. The Hall–Kier alpha value is -2.21. The van der Waals surface area contributed by atoms with Crippen LogP contribution < -0.4 is 5.32 Å². The van der Waals surface area contributed by atoms with Crippen molar-refractivity contribution in [2.24, 2.45) is 0 Å². The Bertz CT molecular complexity index is 701. The summed E-state index contributed by atoms with van der Waals surface area (Å²) in [5.41, 5.74) is 1.59. The molecule has 0 saturated carbocycles. The number of anilines is 1. The molecule has 6 heteroatoms. The van der Waals surface area contributed by atoms with E-state index in [1.165, 1.54) is 11.3 Å². The van der Waals surface area contributed by atoms with Gasteiger partial charge in [-0.05, 0) is 19.1 Å². The van der Waals surface area contributed by atoms with Crippen molar-refractivity contribution < 1.29 is 4.79 Å². The van der Waals surface area contributed by atoms with Gasteiger partial charge in [-0.25, -0.2) is 4.52 Å². The molecule has 3 rings (SSSR count). The van der Waals surface area contributed by atoms with Crippen LogP contribution in [0.3, 0.4) is 0 Å². The van der Waals surface area contributed by atoms with Gasteiger partial charge in [-0.3, -0.25) is 10.1 Å². The summed E-state index contributed by atoms with van der Waals surface area (Å²) < 4.78 is 1.71. The molecule has 18 heavy (non-hydrogen) atoms. The van der Waals surface area contributed by atoms with Gasteiger partial charge in [0.25, 0.3) is 11.9 Å². The zero-order valence-corrected chi connectivity index (χ0v) is 10.4. The number of hydrogen-bond acceptors (Lipinski definition) is 4. The number of carbonyl (C=O) groups excluding carboxylic acids is 1. The van der Waals surface area contributed by atoms with Crippen LogP contribution in [0.1, 0.15) is 16.1 Å². The molecule has 0 spiro atoms. The number of hydrogen-bond donors (Lipinski definition) is 1. The van der Waals surface area contributed by atoms with Crippen molar-refractivity contribution >= 4 is 28.2 Å². The number of nitrogens with zero attached hydrogens (tertiary/aromatic N) is 3. The third-order valence-electron chi connectivity index (χ3n) is 2.51. The quantitative estimate of drug-likeness (QED) is 0.767. The topological polar surface area (TPSA) is 59.3 Å². The average Bonchev–Trinajstić information content (AvgIpc) is 2.93. The number of thiazole rings is 1. The van der Waals surface area contributed by atoms with Crippen LogP contribution in [-0.4, -0.2) is 20.5 Å². The maximum atomic E-state index is 11.9. The first-order chi connectivity index (χ1) is 8.74. The van der Waals surface area contributed by atoms with Crippen molar-refractivity contribution in [2.75, 3.05) is 5.32 Å². The van der Waals surface area contributed by atoms with E-state index >= 15 is 0 Å². The van der Waals surface area contributed by atoms with Crippen molar-refractivity contribution in [1.82, 2.24) is 14.6 Å². The summed E-state index contributed by atoms with van der Waals surface area (Å²) in [7, 11) is 0. The third-order valence-corrected chi connectivity index (χ3v) is 3.44. The zero-order valence-electron chi connectivity index (χ0n) is 9.62. The van der Waals surface area contributed by atoms with Gasteiger partial charge in [-0.15, -0.1) is 16.4 Å². The first-order valence-electron chi connectivity index (χ1n) is 5.41. The van der Waals surface area contributed by atoms with Gasteiger partial charge in [0.15, 0.2) is 0 Å². The van der Waals surface area contributed by atoms with Gasteiger partial charge < -0.3 is 0 Å².